The van der Waals surface area contributed by atoms with E-state index >= 15 is 0 Å². The Bertz CT molecular complexity index is 1010. The predicted octanol–water partition coefficient (Wildman–Crippen LogP) is 4.86. The van der Waals surface area contributed by atoms with E-state index in [0.29, 0.717) is 34.7 Å². The highest BCUT2D eigenvalue weighted by Gasteiger charge is 2.26. The first-order valence-corrected chi connectivity index (χ1v) is 13.6. The molecule has 0 fully saturated rings. The molecular formula is C23H30Cl3NO5S. The van der Waals surface area contributed by atoms with Gasteiger partial charge in [0, 0.05) is 17.9 Å². The van der Waals surface area contributed by atoms with E-state index in [9.17, 15) is 13.5 Å². The maximum atomic E-state index is 11.2. The van der Waals surface area contributed by atoms with Gasteiger partial charge in [-0.15, -0.1) is 11.6 Å². The molecule has 2 rings (SSSR count). The van der Waals surface area contributed by atoms with Gasteiger partial charge in [-0.25, -0.2) is 13.1 Å². The van der Waals surface area contributed by atoms with Crippen LogP contribution in [0.2, 0.25) is 10.0 Å². The number of rotatable bonds is 12. The lowest BCUT2D eigenvalue weighted by Gasteiger charge is -2.27. The van der Waals surface area contributed by atoms with Gasteiger partial charge in [-0.1, -0.05) is 56.1 Å². The van der Waals surface area contributed by atoms with E-state index in [0.717, 1.165) is 17.4 Å². The first kappa shape index (κ1) is 28.0. The fourth-order valence-electron chi connectivity index (χ4n) is 3.01. The van der Waals surface area contributed by atoms with Crippen LogP contribution in [0.1, 0.15) is 31.9 Å². The Labute approximate surface area is 211 Å². The third-order valence-electron chi connectivity index (χ3n) is 5.12. The zero-order chi connectivity index (χ0) is 24.8. The van der Waals surface area contributed by atoms with Gasteiger partial charge in [-0.05, 0) is 35.4 Å². The molecule has 0 aromatic heterocycles. The standard InChI is InChI=1S/C23H30Cl3NO5S/c1-15(12-27-33(4,29)30)13-31-19-7-5-16(6-8-19)23(2,3)17-9-20(25)22(21(26)10-17)32-14-18(28)11-24/h5-10,15,18,27-28H,11-14H2,1-4H3/t15-,18-/m0/s1. The second-order valence-corrected chi connectivity index (χ2v) is 11.5. The molecule has 0 saturated carbocycles. The number of nitrogens with one attached hydrogen (secondary N) is 1. The number of aliphatic hydroxyl groups excluding tert-OH is 1. The van der Waals surface area contributed by atoms with E-state index in [1.807, 2.05) is 31.2 Å². The number of hydrogen-bond donors (Lipinski definition) is 2. The average molecular weight is 539 g/mol. The van der Waals surface area contributed by atoms with Gasteiger partial charge in [0.05, 0.1) is 28.8 Å². The summed E-state index contributed by atoms with van der Waals surface area (Å²) in [5.41, 5.74) is 1.52. The molecule has 0 aliphatic rings. The van der Waals surface area contributed by atoms with Crippen LogP contribution in [-0.2, 0) is 15.4 Å². The number of benzene rings is 2. The molecule has 0 spiro atoms. The molecule has 0 bridgehead atoms. The van der Waals surface area contributed by atoms with Crippen LogP contribution >= 0.6 is 34.8 Å². The summed E-state index contributed by atoms with van der Waals surface area (Å²) in [6.45, 7) is 6.72. The van der Waals surface area contributed by atoms with Crippen molar-refractivity contribution >= 4 is 44.8 Å². The first-order chi connectivity index (χ1) is 15.3. The van der Waals surface area contributed by atoms with Gasteiger partial charge < -0.3 is 14.6 Å². The lowest BCUT2D eigenvalue weighted by atomic mass is 9.78. The number of hydrogen-bond acceptors (Lipinski definition) is 5. The summed E-state index contributed by atoms with van der Waals surface area (Å²) >= 11 is 18.4. The Morgan fingerprint density at radius 1 is 1.03 bits per heavy atom. The number of sulfonamides is 1. The zero-order valence-corrected chi connectivity index (χ0v) is 22.2. The van der Waals surface area contributed by atoms with Crippen LogP contribution in [0.25, 0.3) is 0 Å². The third kappa shape index (κ3) is 8.50. The van der Waals surface area contributed by atoms with Crippen LogP contribution < -0.4 is 14.2 Å². The molecule has 0 saturated heterocycles. The van der Waals surface area contributed by atoms with Crippen molar-refractivity contribution in [2.45, 2.75) is 32.3 Å². The zero-order valence-electron chi connectivity index (χ0n) is 19.1. The van der Waals surface area contributed by atoms with Crippen LogP contribution in [-0.4, -0.2) is 51.5 Å². The number of alkyl halides is 1. The minimum atomic E-state index is -3.22. The van der Waals surface area contributed by atoms with Crippen LogP contribution in [0, 0.1) is 5.92 Å². The highest BCUT2D eigenvalue weighted by molar-refractivity contribution is 7.88. The second-order valence-electron chi connectivity index (χ2n) is 8.57. The molecule has 2 atom stereocenters. The SMILES string of the molecule is C[C@@H](CNS(C)(=O)=O)COc1ccc(C(C)(C)c2cc(Cl)c(OC[C@@H](O)CCl)c(Cl)c2)cc1. The first-order valence-electron chi connectivity index (χ1n) is 10.4. The Balaban J connectivity index is 2.09. The molecule has 33 heavy (non-hydrogen) atoms. The van der Waals surface area contributed by atoms with Gasteiger partial charge in [-0.2, -0.15) is 0 Å². The van der Waals surface area contributed by atoms with E-state index < -0.39 is 21.5 Å². The summed E-state index contributed by atoms with van der Waals surface area (Å²) in [6.07, 6.45) is 0.322. The Hall–Kier alpha value is -1.22. The summed E-state index contributed by atoms with van der Waals surface area (Å²) in [6, 6.07) is 11.3. The molecule has 0 unspecified atom stereocenters. The highest BCUT2D eigenvalue weighted by atomic mass is 35.5. The van der Waals surface area contributed by atoms with E-state index in [1.165, 1.54) is 0 Å². The molecule has 0 aliphatic heterocycles. The van der Waals surface area contributed by atoms with Gasteiger partial charge in [0.1, 0.15) is 18.5 Å². The normalized spacial score (nSPS) is 14.1. The molecule has 2 aromatic carbocycles. The third-order valence-corrected chi connectivity index (χ3v) is 6.73. The quantitative estimate of drug-likeness (QED) is 0.377. The Kier molecular flexibility index (Phi) is 10.2. The van der Waals surface area contributed by atoms with Gasteiger partial charge in [0.25, 0.3) is 0 Å². The van der Waals surface area contributed by atoms with Crippen LogP contribution in [0.15, 0.2) is 36.4 Å². The van der Waals surface area contributed by atoms with Gasteiger partial charge in [0.15, 0.2) is 5.75 Å². The molecule has 0 amide bonds. The lowest BCUT2D eigenvalue weighted by Crippen LogP contribution is -2.29. The molecule has 10 heteroatoms. The number of halogens is 3. The predicted molar refractivity (Wildman–Crippen MR) is 135 cm³/mol. The van der Waals surface area contributed by atoms with Crippen LogP contribution in [0.4, 0.5) is 0 Å². The van der Waals surface area contributed by atoms with Crippen molar-refractivity contribution in [1.82, 2.24) is 4.72 Å². The lowest BCUT2D eigenvalue weighted by molar-refractivity contribution is 0.125. The van der Waals surface area contributed by atoms with Crippen molar-refractivity contribution in [3.63, 3.8) is 0 Å². The van der Waals surface area contributed by atoms with Crippen molar-refractivity contribution in [3.8, 4) is 11.5 Å². The van der Waals surface area contributed by atoms with E-state index in [2.05, 4.69) is 18.6 Å². The fourth-order valence-corrected chi connectivity index (χ4v) is 4.28. The fraction of sp³-hybridized carbons (Fsp3) is 0.478. The maximum Gasteiger partial charge on any atom is 0.208 e. The van der Waals surface area contributed by atoms with Crippen molar-refractivity contribution in [2.75, 3.05) is 31.9 Å². The summed E-state index contributed by atoms with van der Waals surface area (Å²) in [5, 5.41) is 10.3. The van der Waals surface area contributed by atoms with Crippen molar-refractivity contribution in [2.24, 2.45) is 5.92 Å². The number of ether oxygens (including phenoxy) is 2. The Morgan fingerprint density at radius 3 is 2.12 bits per heavy atom. The Morgan fingerprint density at radius 2 is 1.61 bits per heavy atom. The topological polar surface area (TPSA) is 84.9 Å². The number of aliphatic hydroxyl groups is 1. The van der Waals surface area contributed by atoms with Crippen molar-refractivity contribution in [1.29, 1.82) is 0 Å². The van der Waals surface area contributed by atoms with Crippen LogP contribution in [0.5, 0.6) is 11.5 Å². The summed E-state index contributed by atoms with van der Waals surface area (Å²) in [5.74, 6) is 1.08. The van der Waals surface area contributed by atoms with Crippen molar-refractivity contribution in [3.05, 3.63) is 57.6 Å². The van der Waals surface area contributed by atoms with E-state index in [-0.39, 0.29) is 18.4 Å². The van der Waals surface area contributed by atoms with Gasteiger partial charge in [0.2, 0.25) is 10.0 Å². The second kappa shape index (κ2) is 12.0. The maximum absolute atomic E-state index is 11.2. The van der Waals surface area contributed by atoms with Crippen LogP contribution in [0.3, 0.4) is 0 Å². The summed E-state index contributed by atoms with van der Waals surface area (Å²) in [7, 11) is -3.22. The molecule has 2 N–H and O–H groups in total. The molecule has 6 nitrogen and oxygen atoms in total. The minimum Gasteiger partial charge on any atom is -0.493 e. The molecule has 0 aliphatic carbocycles. The van der Waals surface area contributed by atoms with Crippen molar-refractivity contribution < 1.29 is 23.0 Å². The van der Waals surface area contributed by atoms with E-state index in [1.54, 1.807) is 12.1 Å². The molecule has 184 valence electrons. The largest absolute Gasteiger partial charge is 0.493 e. The monoisotopic (exact) mass is 537 g/mol. The summed E-state index contributed by atoms with van der Waals surface area (Å²) in [4.78, 5) is 0. The molecule has 0 radical (unpaired) electrons. The van der Waals surface area contributed by atoms with Gasteiger partial charge in [-0.3, -0.25) is 0 Å². The smallest absolute Gasteiger partial charge is 0.208 e. The van der Waals surface area contributed by atoms with E-state index in [4.69, 9.17) is 44.3 Å². The van der Waals surface area contributed by atoms with Gasteiger partial charge >= 0.3 is 0 Å². The average Bonchev–Trinajstić information content (AvgIpc) is 2.75. The molecular weight excluding hydrogens is 509 g/mol. The minimum absolute atomic E-state index is 0.00389. The highest BCUT2D eigenvalue weighted by Crippen LogP contribution is 2.40. The summed E-state index contributed by atoms with van der Waals surface area (Å²) < 4.78 is 36.2. The molecule has 0 heterocycles. The molecule has 2 aromatic rings.